The largest absolute Gasteiger partial charge is 0.468 e. The number of carbonyl (C=O) groups excluding carboxylic acids is 2. The van der Waals surface area contributed by atoms with Crippen LogP contribution in [0.2, 0.25) is 5.02 Å². The number of methoxy groups -OCH3 is 1. The Morgan fingerprint density at radius 1 is 1.27 bits per heavy atom. The number of thiocarbonyl (C=S) groups is 1. The van der Waals surface area contributed by atoms with E-state index in [4.69, 9.17) is 33.0 Å². The number of anilines is 1. The minimum absolute atomic E-state index is 0.178. The average molecular weight is 391 g/mol. The topological polar surface area (TPSA) is 63.0 Å². The summed E-state index contributed by atoms with van der Waals surface area (Å²) in [5, 5.41) is 0.719. The lowest BCUT2D eigenvalue weighted by Gasteiger charge is -2.19. The molecule has 1 saturated heterocycles. The van der Waals surface area contributed by atoms with Gasteiger partial charge in [-0.25, -0.2) is 0 Å². The number of nitrogens with zero attached hydrogens (tertiary/aromatic N) is 2. The van der Waals surface area contributed by atoms with Crippen molar-refractivity contribution in [3.8, 4) is 0 Å². The van der Waals surface area contributed by atoms with Crippen LogP contribution in [-0.2, 0) is 14.3 Å². The Morgan fingerprint density at radius 2 is 1.96 bits per heavy atom. The number of ether oxygens (including phenoxy) is 1. The van der Waals surface area contributed by atoms with Crippen LogP contribution in [0.15, 0.2) is 46.5 Å². The summed E-state index contributed by atoms with van der Waals surface area (Å²) >= 11 is 11.4. The maximum atomic E-state index is 13.0. The van der Waals surface area contributed by atoms with Crippen LogP contribution in [0, 0.1) is 6.92 Å². The van der Waals surface area contributed by atoms with Crippen molar-refractivity contribution in [3.05, 3.63) is 58.6 Å². The number of aryl methyl sites for hydroxylation is 1. The van der Waals surface area contributed by atoms with E-state index in [1.807, 2.05) is 0 Å². The first kappa shape index (κ1) is 18.2. The number of halogens is 1. The van der Waals surface area contributed by atoms with E-state index in [0.717, 1.165) is 0 Å². The van der Waals surface area contributed by atoms with Gasteiger partial charge in [0.25, 0.3) is 5.91 Å². The highest BCUT2D eigenvalue weighted by atomic mass is 35.5. The maximum Gasteiger partial charge on any atom is 0.325 e. The lowest BCUT2D eigenvalue weighted by molar-refractivity contribution is -0.140. The second kappa shape index (κ2) is 7.31. The number of amides is 1. The third-order valence-electron chi connectivity index (χ3n) is 3.78. The molecule has 1 aromatic carbocycles. The highest BCUT2D eigenvalue weighted by Gasteiger charge is 2.40. The molecule has 0 spiro atoms. The van der Waals surface area contributed by atoms with E-state index in [-0.39, 0.29) is 23.3 Å². The molecule has 1 aliphatic heterocycles. The minimum atomic E-state index is -0.514. The van der Waals surface area contributed by atoms with Gasteiger partial charge in [0, 0.05) is 11.1 Å². The van der Waals surface area contributed by atoms with Crippen molar-refractivity contribution >= 4 is 52.6 Å². The second-order valence-corrected chi connectivity index (χ2v) is 6.34. The van der Waals surface area contributed by atoms with Gasteiger partial charge in [0.15, 0.2) is 5.11 Å². The van der Waals surface area contributed by atoms with Gasteiger partial charge in [-0.05, 0) is 55.5 Å². The zero-order chi connectivity index (χ0) is 18.8. The van der Waals surface area contributed by atoms with Gasteiger partial charge < -0.3 is 14.1 Å². The van der Waals surface area contributed by atoms with Gasteiger partial charge in [0.2, 0.25) is 0 Å². The van der Waals surface area contributed by atoms with Crippen LogP contribution in [0.25, 0.3) is 6.08 Å². The molecule has 0 aliphatic carbocycles. The molecule has 1 aliphatic rings. The summed E-state index contributed by atoms with van der Waals surface area (Å²) in [6, 6.07) is 10.2. The third-order valence-corrected chi connectivity index (χ3v) is 4.43. The monoisotopic (exact) mass is 390 g/mol. The lowest BCUT2D eigenvalue weighted by Crippen LogP contribution is -2.35. The van der Waals surface area contributed by atoms with Crippen LogP contribution in [0.3, 0.4) is 0 Å². The van der Waals surface area contributed by atoms with Crippen LogP contribution in [0.5, 0.6) is 0 Å². The second-order valence-electron chi connectivity index (χ2n) is 5.54. The lowest BCUT2D eigenvalue weighted by atomic mass is 10.2. The van der Waals surface area contributed by atoms with E-state index in [1.54, 1.807) is 49.4 Å². The van der Waals surface area contributed by atoms with E-state index in [1.165, 1.54) is 16.9 Å². The molecule has 3 rings (SSSR count). The van der Waals surface area contributed by atoms with E-state index in [0.29, 0.717) is 22.2 Å². The van der Waals surface area contributed by atoms with E-state index in [9.17, 15) is 9.59 Å². The van der Waals surface area contributed by atoms with Crippen molar-refractivity contribution < 1.29 is 18.7 Å². The highest BCUT2D eigenvalue weighted by molar-refractivity contribution is 7.80. The molecule has 0 atom stereocenters. The van der Waals surface area contributed by atoms with Crippen LogP contribution < -0.4 is 4.90 Å². The normalized spacial score (nSPS) is 15.9. The van der Waals surface area contributed by atoms with Crippen molar-refractivity contribution in [1.29, 1.82) is 0 Å². The quantitative estimate of drug-likeness (QED) is 0.453. The molecular weight excluding hydrogens is 376 g/mol. The van der Waals surface area contributed by atoms with Gasteiger partial charge >= 0.3 is 5.97 Å². The fourth-order valence-corrected chi connectivity index (χ4v) is 2.99. The van der Waals surface area contributed by atoms with E-state index < -0.39 is 5.97 Å². The van der Waals surface area contributed by atoms with Crippen molar-refractivity contribution in [3.63, 3.8) is 0 Å². The van der Waals surface area contributed by atoms with Crippen molar-refractivity contribution in [2.75, 3.05) is 18.6 Å². The molecule has 1 fully saturated rings. The van der Waals surface area contributed by atoms with Crippen molar-refractivity contribution in [2.24, 2.45) is 0 Å². The minimum Gasteiger partial charge on any atom is -0.468 e. The Kier molecular flexibility index (Phi) is 5.11. The average Bonchev–Trinajstić information content (AvgIpc) is 3.12. The first-order valence-corrected chi connectivity index (χ1v) is 8.46. The fraction of sp³-hybridized carbons (Fsp3) is 0.167. The number of hydrogen-bond donors (Lipinski definition) is 0. The molecule has 1 amide bonds. The van der Waals surface area contributed by atoms with Crippen molar-refractivity contribution in [1.82, 2.24) is 4.90 Å². The van der Waals surface area contributed by atoms with Gasteiger partial charge in [0.05, 0.1) is 12.8 Å². The molecule has 0 radical (unpaired) electrons. The van der Waals surface area contributed by atoms with Crippen LogP contribution >= 0.6 is 23.8 Å². The van der Waals surface area contributed by atoms with E-state index in [2.05, 4.69) is 0 Å². The zero-order valence-electron chi connectivity index (χ0n) is 14.1. The molecule has 2 aromatic rings. The number of rotatable bonds is 4. The van der Waals surface area contributed by atoms with Gasteiger partial charge in [-0.15, -0.1) is 0 Å². The molecule has 26 heavy (non-hydrogen) atoms. The number of esters is 1. The molecule has 0 bridgehead atoms. The molecule has 134 valence electrons. The summed E-state index contributed by atoms with van der Waals surface area (Å²) in [4.78, 5) is 27.6. The number of benzene rings is 1. The summed E-state index contributed by atoms with van der Waals surface area (Å²) in [7, 11) is 1.28. The summed E-state index contributed by atoms with van der Waals surface area (Å²) in [6.07, 6.45) is 1.56. The van der Waals surface area contributed by atoms with E-state index >= 15 is 0 Å². The standard InChI is InChI=1S/C18H15ClN2O4S/c1-11-3-8-14(25-11)9-15-17(23)21(13-6-4-12(19)5-7-13)18(26)20(15)10-16(22)24-2/h3-9H,10H2,1-2H3. The smallest absolute Gasteiger partial charge is 0.325 e. The van der Waals surface area contributed by atoms with Crippen LogP contribution in [-0.4, -0.2) is 35.5 Å². The predicted molar refractivity (Wildman–Crippen MR) is 102 cm³/mol. The molecular formula is C18H15ClN2O4S. The fourth-order valence-electron chi connectivity index (χ4n) is 2.51. The SMILES string of the molecule is COC(=O)CN1C(=S)N(c2ccc(Cl)cc2)C(=O)C1=Cc1ccc(C)o1. The molecule has 2 heterocycles. The van der Waals surface area contributed by atoms with Crippen LogP contribution in [0.1, 0.15) is 11.5 Å². The summed E-state index contributed by atoms with van der Waals surface area (Å²) in [6.45, 7) is 1.62. The first-order valence-electron chi connectivity index (χ1n) is 7.67. The Labute approximate surface area is 160 Å². The molecule has 1 aromatic heterocycles. The summed E-state index contributed by atoms with van der Waals surface area (Å²) in [5.74, 6) is 0.315. The molecule has 0 N–H and O–H groups in total. The first-order chi connectivity index (χ1) is 12.4. The number of hydrogen-bond acceptors (Lipinski definition) is 5. The third kappa shape index (κ3) is 3.49. The predicted octanol–water partition coefficient (Wildman–Crippen LogP) is 3.39. The van der Waals surface area contributed by atoms with Gasteiger partial charge in [-0.2, -0.15) is 0 Å². The maximum absolute atomic E-state index is 13.0. The number of furan rings is 1. The summed E-state index contributed by atoms with van der Waals surface area (Å²) in [5.41, 5.74) is 0.781. The molecule has 6 nitrogen and oxygen atoms in total. The van der Waals surface area contributed by atoms with Gasteiger partial charge in [0.1, 0.15) is 23.8 Å². The van der Waals surface area contributed by atoms with Crippen molar-refractivity contribution in [2.45, 2.75) is 6.92 Å². The zero-order valence-corrected chi connectivity index (χ0v) is 15.6. The Bertz CT molecular complexity index is 904. The molecule has 0 unspecified atom stereocenters. The Morgan fingerprint density at radius 3 is 2.54 bits per heavy atom. The molecule has 0 saturated carbocycles. The van der Waals surface area contributed by atoms with Crippen LogP contribution in [0.4, 0.5) is 5.69 Å². The number of carbonyl (C=O) groups is 2. The molecule has 8 heteroatoms. The highest BCUT2D eigenvalue weighted by Crippen LogP contribution is 2.30. The van der Waals surface area contributed by atoms with Gasteiger partial charge in [-0.3, -0.25) is 14.5 Å². The van der Waals surface area contributed by atoms with Gasteiger partial charge in [-0.1, -0.05) is 11.6 Å². The Balaban J connectivity index is 2.03. The summed E-state index contributed by atoms with van der Waals surface area (Å²) < 4.78 is 10.2. The Hall–Kier alpha value is -2.64.